The van der Waals surface area contributed by atoms with Gasteiger partial charge in [-0.1, -0.05) is 6.92 Å². The number of aliphatic hydroxyl groups excluding tert-OH is 1. The van der Waals surface area contributed by atoms with Crippen LogP contribution in [0.4, 0.5) is 0 Å². The first kappa shape index (κ1) is 11.2. The fraction of sp³-hybridized carbons (Fsp3) is 0.500. The summed E-state index contributed by atoms with van der Waals surface area (Å²) in [7, 11) is 0. The Balaban J connectivity index is 2.41. The number of nitrogens with one attached hydrogen (secondary N) is 1. The Morgan fingerprint density at radius 2 is 2.43 bits per heavy atom. The SMILES string of the molecule is CC[C@@H](CO)NCc1ccc(C#N)s1. The third-order valence-electron chi connectivity index (χ3n) is 2.05. The van der Waals surface area contributed by atoms with E-state index in [4.69, 9.17) is 10.4 Å². The molecule has 1 rings (SSSR count). The van der Waals surface area contributed by atoms with Crippen LogP contribution in [0.1, 0.15) is 23.1 Å². The van der Waals surface area contributed by atoms with Gasteiger partial charge in [0.15, 0.2) is 0 Å². The molecule has 76 valence electrons. The molecule has 0 fully saturated rings. The molecule has 0 saturated carbocycles. The fourth-order valence-corrected chi connectivity index (χ4v) is 1.87. The zero-order chi connectivity index (χ0) is 10.4. The number of hydrogen-bond acceptors (Lipinski definition) is 4. The minimum Gasteiger partial charge on any atom is -0.395 e. The van der Waals surface area contributed by atoms with E-state index in [9.17, 15) is 0 Å². The minimum absolute atomic E-state index is 0.155. The normalized spacial score (nSPS) is 12.4. The molecular weight excluding hydrogens is 196 g/mol. The van der Waals surface area contributed by atoms with Crippen molar-refractivity contribution in [3.8, 4) is 6.07 Å². The van der Waals surface area contributed by atoms with Gasteiger partial charge in [0.25, 0.3) is 0 Å². The maximum atomic E-state index is 8.94. The lowest BCUT2D eigenvalue weighted by atomic mass is 10.2. The van der Waals surface area contributed by atoms with Crippen molar-refractivity contribution >= 4 is 11.3 Å². The second-order valence-electron chi connectivity index (χ2n) is 3.05. The monoisotopic (exact) mass is 210 g/mol. The maximum Gasteiger partial charge on any atom is 0.110 e. The van der Waals surface area contributed by atoms with E-state index in [2.05, 4.69) is 11.4 Å². The smallest absolute Gasteiger partial charge is 0.110 e. The van der Waals surface area contributed by atoms with Crippen LogP contribution < -0.4 is 5.32 Å². The predicted molar refractivity (Wildman–Crippen MR) is 57.0 cm³/mol. The molecule has 0 radical (unpaired) electrons. The molecule has 1 heterocycles. The van der Waals surface area contributed by atoms with Gasteiger partial charge >= 0.3 is 0 Å². The van der Waals surface area contributed by atoms with Crippen LogP contribution in [0.15, 0.2) is 12.1 Å². The Bertz CT molecular complexity index is 312. The molecule has 0 aliphatic carbocycles. The average molecular weight is 210 g/mol. The lowest BCUT2D eigenvalue weighted by Crippen LogP contribution is -2.30. The number of aliphatic hydroxyl groups is 1. The quantitative estimate of drug-likeness (QED) is 0.774. The van der Waals surface area contributed by atoms with Gasteiger partial charge in [-0.3, -0.25) is 0 Å². The zero-order valence-electron chi connectivity index (χ0n) is 8.16. The van der Waals surface area contributed by atoms with Crippen molar-refractivity contribution in [1.82, 2.24) is 5.32 Å². The summed E-state index contributed by atoms with van der Waals surface area (Å²) in [5.41, 5.74) is 0. The van der Waals surface area contributed by atoms with Crippen molar-refractivity contribution < 1.29 is 5.11 Å². The third kappa shape index (κ3) is 3.11. The van der Waals surface area contributed by atoms with Crippen molar-refractivity contribution in [2.45, 2.75) is 25.9 Å². The topological polar surface area (TPSA) is 56.0 Å². The molecule has 14 heavy (non-hydrogen) atoms. The van der Waals surface area contributed by atoms with Crippen LogP contribution >= 0.6 is 11.3 Å². The number of thiophene rings is 1. The van der Waals surface area contributed by atoms with Crippen LogP contribution in [0, 0.1) is 11.3 Å². The molecule has 0 bridgehead atoms. The van der Waals surface area contributed by atoms with Gasteiger partial charge in [0.1, 0.15) is 10.9 Å². The molecule has 4 heteroatoms. The van der Waals surface area contributed by atoms with E-state index in [1.54, 1.807) is 0 Å². The first-order chi connectivity index (χ1) is 6.80. The van der Waals surface area contributed by atoms with E-state index < -0.39 is 0 Å². The van der Waals surface area contributed by atoms with E-state index in [-0.39, 0.29) is 12.6 Å². The van der Waals surface area contributed by atoms with Gasteiger partial charge in [0.05, 0.1) is 6.61 Å². The van der Waals surface area contributed by atoms with E-state index in [1.165, 1.54) is 11.3 Å². The largest absolute Gasteiger partial charge is 0.395 e. The minimum atomic E-state index is 0.155. The predicted octanol–water partition coefficient (Wildman–Crippen LogP) is 1.48. The number of rotatable bonds is 5. The summed E-state index contributed by atoms with van der Waals surface area (Å²) >= 11 is 1.49. The van der Waals surface area contributed by atoms with E-state index >= 15 is 0 Å². The summed E-state index contributed by atoms with van der Waals surface area (Å²) < 4.78 is 0. The molecule has 0 aromatic carbocycles. The highest BCUT2D eigenvalue weighted by molar-refractivity contribution is 7.12. The molecule has 1 aromatic rings. The Morgan fingerprint density at radius 1 is 1.64 bits per heavy atom. The summed E-state index contributed by atoms with van der Waals surface area (Å²) in [5, 5.41) is 20.8. The number of hydrogen-bond donors (Lipinski definition) is 2. The van der Waals surface area contributed by atoms with Crippen molar-refractivity contribution in [2.75, 3.05) is 6.61 Å². The van der Waals surface area contributed by atoms with Gasteiger partial charge in [-0.15, -0.1) is 11.3 Å². The summed E-state index contributed by atoms with van der Waals surface area (Å²) in [4.78, 5) is 1.87. The molecular formula is C10H14N2OS. The number of nitrogens with zero attached hydrogens (tertiary/aromatic N) is 1. The molecule has 0 unspecified atom stereocenters. The summed E-state index contributed by atoms with van der Waals surface area (Å²) in [5.74, 6) is 0. The molecule has 0 aliphatic rings. The van der Waals surface area contributed by atoms with Crippen LogP contribution in [0.2, 0.25) is 0 Å². The third-order valence-corrected chi connectivity index (χ3v) is 3.04. The summed E-state index contributed by atoms with van der Waals surface area (Å²) in [6.07, 6.45) is 0.910. The Morgan fingerprint density at radius 3 is 2.93 bits per heavy atom. The van der Waals surface area contributed by atoms with Crippen LogP contribution in [0.5, 0.6) is 0 Å². The zero-order valence-corrected chi connectivity index (χ0v) is 8.97. The fourth-order valence-electron chi connectivity index (χ4n) is 1.12. The standard InChI is InChI=1S/C10H14N2OS/c1-2-8(7-13)12-6-10-4-3-9(5-11)14-10/h3-4,8,12-13H,2,6-7H2,1H3/t8-/m0/s1. The molecule has 0 amide bonds. The van der Waals surface area contributed by atoms with Crippen LogP contribution in [0.25, 0.3) is 0 Å². The Kier molecular flexibility index (Phi) is 4.60. The summed E-state index contributed by atoms with van der Waals surface area (Å²) in [6, 6.07) is 6.03. The van der Waals surface area contributed by atoms with Gasteiger partial charge in [-0.2, -0.15) is 5.26 Å². The second kappa shape index (κ2) is 5.76. The highest BCUT2D eigenvalue weighted by Gasteiger charge is 2.04. The van der Waals surface area contributed by atoms with Gasteiger partial charge in [0, 0.05) is 17.5 Å². The molecule has 3 nitrogen and oxygen atoms in total. The van der Waals surface area contributed by atoms with Crippen molar-refractivity contribution in [3.05, 3.63) is 21.9 Å². The Labute approximate surface area is 88.0 Å². The van der Waals surface area contributed by atoms with Gasteiger partial charge in [-0.25, -0.2) is 0 Å². The second-order valence-corrected chi connectivity index (χ2v) is 4.21. The lowest BCUT2D eigenvalue weighted by Gasteiger charge is -2.12. The summed E-state index contributed by atoms with van der Waals surface area (Å²) in [6.45, 7) is 2.92. The van der Waals surface area contributed by atoms with Crippen molar-refractivity contribution in [1.29, 1.82) is 5.26 Å². The molecule has 1 aromatic heterocycles. The van der Waals surface area contributed by atoms with Gasteiger partial charge in [0.2, 0.25) is 0 Å². The highest BCUT2D eigenvalue weighted by atomic mass is 32.1. The molecule has 0 spiro atoms. The Hall–Kier alpha value is -0.890. The van der Waals surface area contributed by atoms with Crippen LogP contribution in [-0.2, 0) is 6.54 Å². The van der Waals surface area contributed by atoms with Crippen LogP contribution in [0.3, 0.4) is 0 Å². The van der Waals surface area contributed by atoms with Gasteiger partial charge in [-0.05, 0) is 18.6 Å². The first-order valence-electron chi connectivity index (χ1n) is 4.63. The van der Waals surface area contributed by atoms with Gasteiger partial charge < -0.3 is 10.4 Å². The van der Waals surface area contributed by atoms with E-state index in [0.717, 1.165) is 22.7 Å². The first-order valence-corrected chi connectivity index (χ1v) is 5.44. The maximum absolute atomic E-state index is 8.94. The van der Waals surface area contributed by atoms with E-state index in [1.807, 2.05) is 19.1 Å². The van der Waals surface area contributed by atoms with Crippen molar-refractivity contribution in [2.24, 2.45) is 0 Å². The lowest BCUT2D eigenvalue weighted by molar-refractivity contribution is 0.238. The highest BCUT2D eigenvalue weighted by Crippen LogP contribution is 2.14. The van der Waals surface area contributed by atoms with Crippen molar-refractivity contribution in [3.63, 3.8) is 0 Å². The molecule has 1 atom stereocenters. The van der Waals surface area contributed by atoms with Crippen LogP contribution in [-0.4, -0.2) is 17.8 Å². The molecule has 0 aliphatic heterocycles. The number of nitriles is 1. The average Bonchev–Trinajstić information content (AvgIpc) is 2.67. The molecule has 0 saturated heterocycles. The van der Waals surface area contributed by atoms with E-state index in [0.29, 0.717) is 0 Å². The molecule has 2 N–H and O–H groups in total.